The Balaban J connectivity index is 2.02. The number of pyridine rings is 1. The summed E-state index contributed by atoms with van der Waals surface area (Å²) in [5.41, 5.74) is 1.99. The molecule has 0 atom stereocenters. The van der Waals surface area contributed by atoms with Crippen LogP contribution in [-0.4, -0.2) is 0 Å². The molecule has 0 aliphatic rings. The second-order valence-electron chi connectivity index (χ2n) is 5.30. The van der Waals surface area contributed by atoms with Crippen molar-refractivity contribution in [1.29, 1.82) is 5.26 Å². The molecule has 0 aliphatic heterocycles. The first-order valence-electron chi connectivity index (χ1n) is 6.56. The van der Waals surface area contributed by atoms with E-state index < -0.39 is 5.41 Å². The van der Waals surface area contributed by atoms with E-state index in [4.69, 9.17) is 5.26 Å². The van der Waals surface area contributed by atoms with Crippen molar-refractivity contribution in [3.8, 4) is 6.07 Å². The molecule has 0 amide bonds. The van der Waals surface area contributed by atoms with E-state index in [1.54, 1.807) is 0 Å². The van der Waals surface area contributed by atoms with Gasteiger partial charge in [-0.05, 0) is 25.0 Å². The van der Waals surface area contributed by atoms with Crippen LogP contribution in [0, 0.1) is 11.3 Å². The molecule has 2 aromatic rings. The van der Waals surface area contributed by atoms with Gasteiger partial charge < -0.3 is 0 Å². The number of rotatable bonds is 4. The summed E-state index contributed by atoms with van der Waals surface area (Å²) < 4.78 is 2.16. The number of aryl methyl sites for hydroxylation is 2. The van der Waals surface area contributed by atoms with Crippen molar-refractivity contribution in [3.63, 3.8) is 0 Å². The van der Waals surface area contributed by atoms with Crippen molar-refractivity contribution in [2.24, 2.45) is 0 Å². The SMILES string of the molecule is CC(C)(C#N)c1cc[n+](CCc2ccccc2)cc1. The molecular weight excluding hydrogens is 232 g/mol. The molecule has 0 saturated heterocycles. The summed E-state index contributed by atoms with van der Waals surface area (Å²) in [7, 11) is 0. The third-order valence-electron chi connectivity index (χ3n) is 3.39. The molecule has 2 rings (SSSR count). The van der Waals surface area contributed by atoms with Crippen LogP contribution in [0.25, 0.3) is 0 Å². The number of benzene rings is 1. The topological polar surface area (TPSA) is 27.7 Å². The summed E-state index contributed by atoms with van der Waals surface area (Å²) in [4.78, 5) is 0. The van der Waals surface area contributed by atoms with Crippen LogP contribution >= 0.6 is 0 Å². The van der Waals surface area contributed by atoms with Gasteiger partial charge in [0.2, 0.25) is 0 Å². The maximum Gasteiger partial charge on any atom is 0.169 e. The summed E-state index contributed by atoms with van der Waals surface area (Å²) >= 11 is 0. The molecule has 0 fully saturated rings. The van der Waals surface area contributed by atoms with Gasteiger partial charge in [0, 0.05) is 18.6 Å². The van der Waals surface area contributed by atoms with E-state index in [9.17, 15) is 0 Å². The summed E-state index contributed by atoms with van der Waals surface area (Å²) in [5.74, 6) is 0. The molecule has 19 heavy (non-hydrogen) atoms. The van der Waals surface area contributed by atoms with Crippen molar-refractivity contribution >= 4 is 0 Å². The van der Waals surface area contributed by atoms with Crippen LogP contribution in [0.4, 0.5) is 0 Å². The largest absolute Gasteiger partial charge is 0.205 e. The maximum atomic E-state index is 9.11. The Labute approximate surface area is 115 Å². The second kappa shape index (κ2) is 5.67. The van der Waals surface area contributed by atoms with Crippen LogP contribution in [0.3, 0.4) is 0 Å². The number of hydrogen-bond acceptors (Lipinski definition) is 1. The summed E-state index contributed by atoms with van der Waals surface area (Å²) in [6, 6.07) is 16.9. The van der Waals surface area contributed by atoms with Crippen LogP contribution in [-0.2, 0) is 18.4 Å². The van der Waals surface area contributed by atoms with Crippen LogP contribution in [0.15, 0.2) is 54.9 Å². The molecule has 0 spiro atoms. The first-order valence-corrected chi connectivity index (χ1v) is 6.56. The van der Waals surface area contributed by atoms with Gasteiger partial charge in [-0.25, -0.2) is 4.57 Å². The Morgan fingerprint density at radius 2 is 1.68 bits per heavy atom. The minimum Gasteiger partial charge on any atom is -0.205 e. The van der Waals surface area contributed by atoms with E-state index in [2.05, 4.69) is 47.3 Å². The number of nitriles is 1. The molecule has 1 aromatic carbocycles. The van der Waals surface area contributed by atoms with Crippen molar-refractivity contribution in [3.05, 3.63) is 66.0 Å². The number of hydrogen-bond donors (Lipinski definition) is 0. The molecule has 0 N–H and O–H groups in total. The average Bonchev–Trinajstić information content (AvgIpc) is 2.47. The summed E-state index contributed by atoms with van der Waals surface area (Å²) in [5, 5.41) is 9.11. The molecule has 1 heterocycles. The van der Waals surface area contributed by atoms with Crippen molar-refractivity contribution in [1.82, 2.24) is 0 Å². The Kier molecular flexibility index (Phi) is 3.97. The molecular formula is C17H19N2+. The predicted octanol–water partition coefficient (Wildman–Crippen LogP) is 3.02. The Morgan fingerprint density at radius 3 is 2.26 bits per heavy atom. The molecule has 96 valence electrons. The van der Waals surface area contributed by atoms with Gasteiger partial charge in [0.05, 0.1) is 11.5 Å². The number of aromatic nitrogens is 1. The molecule has 0 saturated carbocycles. The third kappa shape index (κ3) is 3.42. The monoisotopic (exact) mass is 251 g/mol. The third-order valence-corrected chi connectivity index (χ3v) is 3.39. The first kappa shape index (κ1) is 13.3. The molecule has 0 radical (unpaired) electrons. The second-order valence-corrected chi connectivity index (χ2v) is 5.30. The van der Waals surface area contributed by atoms with Gasteiger partial charge in [-0.1, -0.05) is 30.3 Å². The summed E-state index contributed by atoms with van der Waals surface area (Å²) in [6.07, 6.45) is 5.13. The van der Waals surface area contributed by atoms with Gasteiger partial charge in [-0.2, -0.15) is 5.26 Å². The average molecular weight is 251 g/mol. The standard InChI is InChI=1S/C17H19N2/c1-17(2,14-18)16-9-12-19(13-10-16)11-8-15-6-4-3-5-7-15/h3-7,9-10,12-13H,8,11H2,1-2H3/q+1. The van der Waals surface area contributed by atoms with Gasteiger partial charge in [0.1, 0.15) is 0 Å². The minimum absolute atomic E-state index is 0.418. The Morgan fingerprint density at radius 1 is 1.05 bits per heavy atom. The predicted molar refractivity (Wildman–Crippen MR) is 75.4 cm³/mol. The highest BCUT2D eigenvalue weighted by Gasteiger charge is 2.20. The molecule has 0 bridgehead atoms. The minimum atomic E-state index is -0.418. The normalized spacial score (nSPS) is 11.0. The zero-order valence-electron chi connectivity index (χ0n) is 11.5. The first-order chi connectivity index (χ1) is 9.12. The smallest absolute Gasteiger partial charge is 0.169 e. The van der Waals surface area contributed by atoms with Crippen LogP contribution < -0.4 is 4.57 Å². The van der Waals surface area contributed by atoms with Gasteiger partial charge in [0.25, 0.3) is 0 Å². The fourth-order valence-corrected chi connectivity index (χ4v) is 1.99. The maximum absolute atomic E-state index is 9.11. The van der Waals surface area contributed by atoms with Crippen LogP contribution in [0.5, 0.6) is 0 Å². The lowest BCUT2D eigenvalue weighted by Crippen LogP contribution is -2.34. The lowest BCUT2D eigenvalue weighted by Gasteiger charge is -2.14. The van der Waals surface area contributed by atoms with Crippen LogP contribution in [0.2, 0.25) is 0 Å². The van der Waals surface area contributed by atoms with Crippen molar-refractivity contribution in [2.75, 3.05) is 0 Å². The number of nitrogens with zero attached hydrogens (tertiary/aromatic N) is 2. The van der Waals surface area contributed by atoms with Crippen LogP contribution in [0.1, 0.15) is 25.0 Å². The molecule has 0 aliphatic carbocycles. The van der Waals surface area contributed by atoms with Gasteiger partial charge >= 0.3 is 0 Å². The zero-order chi connectivity index (χ0) is 13.7. The Hall–Kier alpha value is -2.14. The quantitative estimate of drug-likeness (QED) is 0.768. The molecule has 2 nitrogen and oxygen atoms in total. The van der Waals surface area contributed by atoms with Gasteiger partial charge in [0.15, 0.2) is 18.9 Å². The van der Waals surface area contributed by atoms with E-state index >= 15 is 0 Å². The van der Waals surface area contributed by atoms with Crippen molar-refractivity contribution in [2.45, 2.75) is 32.2 Å². The van der Waals surface area contributed by atoms with E-state index in [-0.39, 0.29) is 0 Å². The van der Waals surface area contributed by atoms with Gasteiger partial charge in [-0.15, -0.1) is 0 Å². The highest BCUT2D eigenvalue weighted by atomic mass is 14.9. The lowest BCUT2D eigenvalue weighted by molar-refractivity contribution is -0.696. The zero-order valence-corrected chi connectivity index (χ0v) is 11.5. The fraction of sp³-hybridized carbons (Fsp3) is 0.294. The highest BCUT2D eigenvalue weighted by Crippen LogP contribution is 2.20. The van der Waals surface area contributed by atoms with E-state index in [0.717, 1.165) is 18.5 Å². The van der Waals surface area contributed by atoms with E-state index in [1.807, 2.05) is 32.0 Å². The highest BCUT2D eigenvalue weighted by molar-refractivity contribution is 5.26. The lowest BCUT2D eigenvalue weighted by atomic mass is 9.87. The van der Waals surface area contributed by atoms with E-state index in [0.29, 0.717) is 0 Å². The molecule has 1 aromatic heterocycles. The summed E-state index contributed by atoms with van der Waals surface area (Å²) in [6.45, 7) is 4.84. The van der Waals surface area contributed by atoms with Gasteiger partial charge in [-0.3, -0.25) is 0 Å². The molecule has 0 unspecified atom stereocenters. The molecule has 2 heteroatoms. The Bertz CT molecular complexity index is 562. The van der Waals surface area contributed by atoms with E-state index in [1.165, 1.54) is 5.56 Å². The van der Waals surface area contributed by atoms with Crippen molar-refractivity contribution < 1.29 is 4.57 Å². The fourth-order valence-electron chi connectivity index (χ4n) is 1.99.